The van der Waals surface area contributed by atoms with E-state index in [1.165, 1.54) is 25.5 Å². The number of fused-ring (bicyclic) bond motifs is 1. The van der Waals surface area contributed by atoms with Gasteiger partial charge in [-0.2, -0.15) is 5.10 Å². The van der Waals surface area contributed by atoms with Gasteiger partial charge >= 0.3 is 5.91 Å². The molecule has 4 aromatic rings. The number of methoxy groups -OCH3 is 1. The van der Waals surface area contributed by atoms with Crippen molar-refractivity contribution < 1.29 is 23.1 Å². The van der Waals surface area contributed by atoms with Crippen LogP contribution in [0.1, 0.15) is 21.7 Å². The van der Waals surface area contributed by atoms with Crippen LogP contribution in [0, 0.1) is 5.82 Å². The standard InChI is InChI=1S/C24H19FN2O4/c1-29-22-12-16(9-10-21(22)30-15-17-5-4-7-19(25)11-17)14-26-27-24(28)23-13-18-6-2-3-8-20(18)31-23/h2-14H,15H2,1H3,(H,27,28). The number of hydrazone groups is 1. The largest absolute Gasteiger partial charge is 0.493 e. The first kappa shape index (κ1) is 20.2. The molecule has 31 heavy (non-hydrogen) atoms. The zero-order chi connectivity index (χ0) is 21.6. The highest BCUT2D eigenvalue weighted by atomic mass is 19.1. The number of rotatable bonds is 7. The minimum atomic E-state index is -0.450. The van der Waals surface area contributed by atoms with Gasteiger partial charge in [-0.15, -0.1) is 0 Å². The molecular formula is C24H19FN2O4. The Morgan fingerprint density at radius 2 is 1.94 bits per heavy atom. The number of hydrogen-bond donors (Lipinski definition) is 1. The van der Waals surface area contributed by atoms with Crippen molar-refractivity contribution in [1.82, 2.24) is 5.43 Å². The second-order valence-corrected chi connectivity index (χ2v) is 6.68. The second kappa shape index (κ2) is 9.13. The maximum atomic E-state index is 13.3. The van der Waals surface area contributed by atoms with Gasteiger partial charge in [0.25, 0.3) is 0 Å². The van der Waals surface area contributed by atoms with E-state index in [4.69, 9.17) is 13.9 Å². The number of benzene rings is 3. The van der Waals surface area contributed by atoms with Crippen molar-refractivity contribution in [3.8, 4) is 11.5 Å². The number of nitrogens with one attached hydrogen (secondary N) is 1. The van der Waals surface area contributed by atoms with Crippen LogP contribution in [0.25, 0.3) is 11.0 Å². The van der Waals surface area contributed by atoms with Crippen molar-refractivity contribution in [1.29, 1.82) is 0 Å². The number of carbonyl (C=O) groups is 1. The Bertz CT molecular complexity index is 1220. The number of hydrogen-bond acceptors (Lipinski definition) is 5. The molecule has 0 fully saturated rings. The molecule has 1 heterocycles. The van der Waals surface area contributed by atoms with Gasteiger partial charge in [0.2, 0.25) is 0 Å². The lowest BCUT2D eigenvalue weighted by atomic mass is 10.2. The molecule has 1 N–H and O–H groups in total. The van der Waals surface area contributed by atoms with Crippen molar-refractivity contribution in [2.75, 3.05) is 7.11 Å². The lowest BCUT2D eigenvalue weighted by molar-refractivity contribution is 0.0929. The fourth-order valence-electron chi connectivity index (χ4n) is 2.99. The summed E-state index contributed by atoms with van der Waals surface area (Å²) in [6.45, 7) is 0.203. The summed E-state index contributed by atoms with van der Waals surface area (Å²) in [5.41, 5.74) is 4.48. The second-order valence-electron chi connectivity index (χ2n) is 6.68. The van der Waals surface area contributed by atoms with Crippen LogP contribution < -0.4 is 14.9 Å². The average molecular weight is 418 g/mol. The molecule has 6 nitrogen and oxygen atoms in total. The maximum absolute atomic E-state index is 13.3. The van der Waals surface area contributed by atoms with E-state index in [1.54, 1.807) is 42.5 Å². The first-order valence-corrected chi connectivity index (χ1v) is 9.49. The average Bonchev–Trinajstić information content (AvgIpc) is 3.22. The van der Waals surface area contributed by atoms with Crippen LogP contribution in [0.3, 0.4) is 0 Å². The topological polar surface area (TPSA) is 73.1 Å². The molecule has 0 atom stereocenters. The van der Waals surface area contributed by atoms with Gasteiger partial charge in [-0.05, 0) is 53.6 Å². The van der Waals surface area contributed by atoms with Crippen LogP contribution in [0.2, 0.25) is 0 Å². The molecule has 0 spiro atoms. The van der Waals surface area contributed by atoms with Crippen LogP contribution in [0.4, 0.5) is 4.39 Å². The monoisotopic (exact) mass is 418 g/mol. The zero-order valence-corrected chi connectivity index (χ0v) is 16.7. The lowest BCUT2D eigenvalue weighted by Gasteiger charge is -2.11. The molecule has 0 aliphatic heterocycles. The van der Waals surface area contributed by atoms with Gasteiger partial charge in [0.05, 0.1) is 13.3 Å². The van der Waals surface area contributed by atoms with Gasteiger partial charge in [0.1, 0.15) is 18.0 Å². The van der Waals surface area contributed by atoms with E-state index in [1.807, 2.05) is 18.2 Å². The van der Waals surface area contributed by atoms with Crippen molar-refractivity contribution in [3.63, 3.8) is 0 Å². The van der Waals surface area contributed by atoms with Gasteiger partial charge in [0.15, 0.2) is 17.3 Å². The summed E-state index contributed by atoms with van der Waals surface area (Å²) in [6.07, 6.45) is 1.49. The molecule has 0 unspecified atom stereocenters. The summed E-state index contributed by atoms with van der Waals surface area (Å²) in [5.74, 6) is 0.412. The van der Waals surface area contributed by atoms with E-state index in [0.717, 1.165) is 5.39 Å². The predicted octanol–water partition coefficient (Wildman–Crippen LogP) is 4.92. The van der Waals surface area contributed by atoms with E-state index < -0.39 is 5.91 Å². The predicted molar refractivity (Wildman–Crippen MR) is 115 cm³/mol. The highest BCUT2D eigenvalue weighted by Crippen LogP contribution is 2.28. The van der Waals surface area contributed by atoms with Gasteiger partial charge < -0.3 is 13.9 Å². The third-order valence-corrected chi connectivity index (χ3v) is 4.50. The molecule has 0 saturated heterocycles. The summed E-state index contributed by atoms with van der Waals surface area (Å²) in [5, 5.41) is 4.82. The van der Waals surface area contributed by atoms with Crippen molar-refractivity contribution >= 4 is 23.1 Å². The molecule has 7 heteroatoms. The first-order valence-electron chi connectivity index (χ1n) is 9.49. The Morgan fingerprint density at radius 3 is 2.74 bits per heavy atom. The van der Waals surface area contributed by atoms with Gasteiger partial charge in [-0.1, -0.05) is 30.3 Å². The van der Waals surface area contributed by atoms with Crippen LogP contribution in [0.15, 0.2) is 82.3 Å². The number of furan rings is 1. The third kappa shape index (κ3) is 4.90. The number of nitrogens with zero attached hydrogens (tertiary/aromatic N) is 1. The fraction of sp³-hybridized carbons (Fsp3) is 0.0833. The third-order valence-electron chi connectivity index (χ3n) is 4.50. The summed E-state index contributed by atoms with van der Waals surface area (Å²) in [7, 11) is 1.52. The normalized spacial score (nSPS) is 11.0. The number of halogens is 1. The Kier molecular flexibility index (Phi) is 5.93. The molecule has 0 bridgehead atoms. The Morgan fingerprint density at radius 1 is 1.06 bits per heavy atom. The fourth-order valence-corrected chi connectivity index (χ4v) is 2.99. The number of amides is 1. The molecule has 0 radical (unpaired) electrons. The smallest absolute Gasteiger partial charge is 0.307 e. The van der Waals surface area contributed by atoms with Crippen LogP contribution in [0.5, 0.6) is 11.5 Å². The van der Waals surface area contributed by atoms with Crippen LogP contribution in [-0.4, -0.2) is 19.2 Å². The molecule has 1 aromatic heterocycles. The lowest BCUT2D eigenvalue weighted by Crippen LogP contribution is -2.16. The number of para-hydroxylation sites is 1. The van der Waals surface area contributed by atoms with E-state index in [9.17, 15) is 9.18 Å². The van der Waals surface area contributed by atoms with Gasteiger partial charge in [-0.25, -0.2) is 9.82 Å². The molecule has 156 valence electrons. The summed E-state index contributed by atoms with van der Waals surface area (Å²) in [6, 6.07) is 20.4. The van der Waals surface area contributed by atoms with Crippen LogP contribution in [-0.2, 0) is 6.61 Å². The highest BCUT2D eigenvalue weighted by Gasteiger charge is 2.11. The Balaban J connectivity index is 1.39. The van der Waals surface area contributed by atoms with Crippen LogP contribution >= 0.6 is 0 Å². The zero-order valence-electron chi connectivity index (χ0n) is 16.7. The number of carbonyl (C=O) groups excluding carboxylic acids is 1. The van der Waals surface area contributed by atoms with E-state index in [-0.39, 0.29) is 18.2 Å². The van der Waals surface area contributed by atoms with Crippen molar-refractivity contribution in [2.45, 2.75) is 6.61 Å². The molecule has 1 amide bonds. The quantitative estimate of drug-likeness (QED) is 0.341. The molecule has 0 saturated carbocycles. The highest BCUT2D eigenvalue weighted by molar-refractivity contribution is 5.96. The Labute approximate surface area is 177 Å². The van der Waals surface area contributed by atoms with E-state index >= 15 is 0 Å². The summed E-state index contributed by atoms with van der Waals surface area (Å²) in [4.78, 5) is 12.2. The molecule has 0 aliphatic rings. The number of ether oxygens (including phenoxy) is 2. The van der Waals surface area contributed by atoms with Crippen molar-refractivity contribution in [2.24, 2.45) is 5.10 Å². The molecular weight excluding hydrogens is 399 g/mol. The summed E-state index contributed by atoms with van der Waals surface area (Å²) >= 11 is 0. The minimum Gasteiger partial charge on any atom is -0.493 e. The molecule has 0 aliphatic carbocycles. The SMILES string of the molecule is COc1cc(C=NNC(=O)c2cc3ccccc3o2)ccc1OCc1cccc(F)c1. The maximum Gasteiger partial charge on any atom is 0.307 e. The first-order chi connectivity index (χ1) is 15.1. The van der Waals surface area contributed by atoms with E-state index in [2.05, 4.69) is 10.5 Å². The Hall–Kier alpha value is -4.13. The van der Waals surface area contributed by atoms with E-state index in [0.29, 0.717) is 28.2 Å². The molecule has 3 aromatic carbocycles. The minimum absolute atomic E-state index is 0.178. The summed E-state index contributed by atoms with van der Waals surface area (Å²) < 4.78 is 29.9. The van der Waals surface area contributed by atoms with Gasteiger partial charge in [0, 0.05) is 5.39 Å². The molecule has 4 rings (SSSR count). The van der Waals surface area contributed by atoms with Gasteiger partial charge in [-0.3, -0.25) is 4.79 Å². The van der Waals surface area contributed by atoms with Crippen molar-refractivity contribution in [3.05, 3.63) is 95.5 Å².